The first kappa shape index (κ1) is 14.2. The molecule has 7 heteroatoms. The van der Waals surface area contributed by atoms with Crippen molar-refractivity contribution in [3.05, 3.63) is 12.2 Å². The summed E-state index contributed by atoms with van der Waals surface area (Å²) in [6, 6.07) is 0. The minimum absolute atomic E-state index is 0.278. The molecule has 0 aromatic carbocycles. The molecular formula is C12H22N6S. The van der Waals surface area contributed by atoms with E-state index >= 15 is 0 Å². The van der Waals surface area contributed by atoms with Crippen molar-refractivity contribution in [3.8, 4) is 0 Å². The number of aromatic nitrogens is 3. The van der Waals surface area contributed by atoms with E-state index in [2.05, 4.69) is 39.1 Å². The number of hydrogen-bond donors (Lipinski definition) is 1. The Morgan fingerprint density at radius 2 is 2.37 bits per heavy atom. The Labute approximate surface area is 118 Å². The molecule has 1 aromatic heterocycles. The zero-order valence-corrected chi connectivity index (χ0v) is 12.9. The summed E-state index contributed by atoms with van der Waals surface area (Å²) in [4.78, 5) is 10.9. The zero-order chi connectivity index (χ0) is 13.9. The third-order valence-electron chi connectivity index (χ3n) is 3.15. The molecule has 0 saturated carbocycles. The number of nitrogens with one attached hydrogen (secondary N) is 1. The van der Waals surface area contributed by atoms with Gasteiger partial charge in [0.2, 0.25) is 0 Å². The van der Waals surface area contributed by atoms with Crippen molar-refractivity contribution in [2.45, 2.75) is 25.1 Å². The molecule has 1 fully saturated rings. The minimum atomic E-state index is 0.278. The lowest BCUT2D eigenvalue weighted by Crippen LogP contribution is -2.50. The SMILES string of the molecule is CN=C(NCc1ncnn1C)N1CCSC(C)(C)C1. The van der Waals surface area contributed by atoms with Gasteiger partial charge in [-0.05, 0) is 13.8 Å². The highest BCUT2D eigenvalue weighted by Crippen LogP contribution is 2.29. The van der Waals surface area contributed by atoms with E-state index in [1.165, 1.54) is 0 Å². The Morgan fingerprint density at radius 3 is 2.95 bits per heavy atom. The molecule has 1 aliphatic heterocycles. The summed E-state index contributed by atoms with van der Waals surface area (Å²) < 4.78 is 2.05. The Kier molecular flexibility index (Phi) is 4.34. The van der Waals surface area contributed by atoms with Gasteiger partial charge in [-0.3, -0.25) is 9.67 Å². The predicted molar refractivity (Wildman–Crippen MR) is 79.3 cm³/mol. The fourth-order valence-corrected chi connectivity index (χ4v) is 3.28. The van der Waals surface area contributed by atoms with E-state index < -0.39 is 0 Å². The van der Waals surface area contributed by atoms with Crippen molar-refractivity contribution < 1.29 is 0 Å². The van der Waals surface area contributed by atoms with E-state index in [0.29, 0.717) is 6.54 Å². The van der Waals surface area contributed by atoms with Gasteiger partial charge in [-0.2, -0.15) is 16.9 Å². The van der Waals surface area contributed by atoms with Crippen molar-refractivity contribution in [1.82, 2.24) is 25.0 Å². The van der Waals surface area contributed by atoms with E-state index in [9.17, 15) is 0 Å². The van der Waals surface area contributed by atoms with Gasteiger partial charge in [0.1, 0.15) is 12.2 Å². The van der Waals surface area contributed by atoms with Crippen molar-refractivity contribution in [2.24, 2.45) is 12.0 Å². The summed E-state index contributed by atoms with van der Waals surface area (Å²) in [5, 5.41) is 7.43. The van der Waals surface area contributed by atoms with E-state index in [1.54, 1.807) is 11.0 Å². The highest BCUT2D eigenvalue weighted by molar-refractivity contribution is 8.00. The van der Waals surface area contributed by atoms with Crippen LogP contribution in [-0.4, -0.2) is 56.3 Å². The van der Waals surface area contributed by atoms with Crippen LogP contribution in [0.25, 0.3) is 0 Å². The summed E-state index contributed by atoms with van der Waals surface area (Å²) >= 11 is 2.02. The molecule has 0 unspecified atom stereocenters. The quantitative estimate of drug-likeness (QED) is 0.640. The molecule has 2 heterocycles. The molecule has 106 valence electrons. The van der Waals surface area contributed by atoms with Crippen LogP contribution >= 0.6 is 11.8 Å². The monoisotopic (exact) mass is 282 g/mol. The summed E-state index contributed by atoms with van der Waals surface area (Å²) in [7, 11) is 3.72. The second-order valence-corrected chi connectivity index (χ2v) is 7.03. The Morgan fingerprint density at radius 1 is 1.58 bits per heavy atom. The Balaban J connectivity index is 1.95. The highest BCUT2D eigenvalue weighted by atomic mass is 32.2. The van der Waals surface area contributed by atoms with Crippen molar-refractivity contribution in [3.63, 3.8) is 0 Å². The average Bonchev–Trinajstić information content (AvgIpc) is 2.75. The maximum atomic E-state index is 4.37. The number of guanidine groups is 1. The second-order valence-electron chi connectivity index (χ2n) is 5.23. The normalized spacial score (nSPS) is 19.6. The molecule has 0 aliphatic carbocycles. The van der Waals surface area contributed by atoms with Crippen LogP contribution in [0, 0.1) is 0 Å². The lowest BCUT2D eigenvalue weighted by Gasteiger charge is -2.39. The first-order valence-corrected chi connectivity index (χ1v) is 7.43. The molecule has 1 aliphatic rings. The zero-order valence-electron chi connectivity index (χ0n) is 12.1. The second kappa shape index (κ2) is 5.81. The molecule has 0 amide bonds. The third kappa shape index (κ3) is 3.62. The lowest BCUT2D eigenvalue weighted by molar-refractivity contribution is 0.375. The van der Waals surface area contributed by atoms with Crippen LogP contribution in [0.4, 0.5) is 0 Å². The molecule has 2 rings (SSSR count). The van der Waals surface area contributed by atoms with Gasteiger partial charge in [-0.1, -0.05) is 0 Å². The van der Waals surface area contributed by atoms with Crippen LogP contribution in [0.3, 0.4) is 0 Å². The lowest BCUT2D eigenvalue weighted by atomic mass is 10.2. The predicted octanol–water partition coefficient (Wildman–Crippen LogP) is 0.718. The molecule has 1 aromatic rings. The number of aryl methyl sites for hydroxylation is 1. The van der Waals surface area contributed by atoms with E-state index in [4.69, 9.17) is 0 Å². The number of rotatable bonds is 2. The van der Waals surface area contributed by atoms with Crippen molar-refractivity contribution in [1.29, 1.82) is 0 Å². The number of hydrogen-bond acceptors (Lipinski definition) is 4. The van der Waals surface area contributed by atoms with Crippen LogP contribution in [-0.2, 0) is 13.6 Å². The van der Waals surface area contributed by atoms with Crippen molar-refractivity contribution >= 4 is 17.7 Å². The molecular weight excluding hydrogens is 260 g/mol. The van der Waals surface area contributed by atoms with E-state index in [1.807, 2.05) is 25.9 Å². The molecule has 1 N–H and O–H groups in total. The Hall–Kier alpha value is -1.24. The summed E-state index contributed by atoms with van der Waals surface area (Å²) in [5.41, 5.74) is 0. The standard InChI is InChI=1S/C12H22N6S/c1-12(2)8-18(5-6-19-12)11(13-3)14-7-10-15-9-16-17(10)4/h9H,5-8H2,1-4H3,(H,13,14). The maximum Gasteiger partial charge on any atom is 0.194 e. The smallest absolute Gasteiger partial charge is 0.194 e. The summed E-state index contributed by atoms with van der Waals surface area (Å²) in [5.74, 6) is 2.99. The minimum Gasteiger partial charge on any atom is -0.349 e. The maximum absolute atomic E-state index is 4.37. The number of thioether (sulfide) groups is 1. The molecule has 0 radical (unpaired) electrons. The van der Waals surface area contributed by atoms with Crippen LogP contribution in [0.2, 0.25) is 0 Å². The van der Waals surface area contributed by atoms with Gasteiger partial charge in [-0.15, -0.1) is 0 Å². The molecule has 19 heavy (non-hydrogen) atoms. The first-order valence-electron chi connectivity index (χ1n) is 6.44. The fraction of sp³-hybridized carbons (Fsp3) is 0.750. The van der Waals surface area contributed by atoms with Gasteiger partial charge >= 0.3 is 0 Å². The number of nitrogens with zero attached hydrogens (tertiary/aromatic N) is 5. The summed E-state index contributed by atoms with van der Waals surface area (Å²) in [6.45, 7) is 7.25. The van der Waals surface area contributed by atoms with Crippen LogP contribution < -0.4 is 5.32 Å². The van der Waals surface area contributed by atoms with Gasteiger partial charge in [0.15, 0.2) is 5.96 Å². The highest BCUT2D eigenvalue weighted by Gasteiger charge is 2.28. The third-order valence-corrected chi connectivity index (χ3v) is 4.44. The Bertz CT molecular complexity index is 453. The molecule has 0 spiro atoms. The van der Waals surface area contributed by atoms with Gasteiger partial charge < -0.3 is 10.2 Å². The van der Waals surface area contributed by atoms with Crippen LogP contribution in [0.5, 0.6) is 0 Å². The van der Waals surface area contributed by atoms with Gasteiger partial charge in [0.25, 0.3) is 0 Å². The van der Waals surface area contributed by atoms with Gasteiger partial charge in [0, 0.05) is 37.7 Å². The largest absolute Gasteiger partial charge is 0.349 e. The average molecular weight is 282 g/mol. The fourth-order valence-electron chi connectivity index (χ4n) is 2.17. The topological polar surface area (TPSA) is 58.3 Å². The van der Waals surface area contributed by atoms with E-state index in [-0.39, 0.29) is 4.75 Å². The molecule has 0 atom stereocenters. The molecule has 0 bridgehead atoms. The number of aliphatic imine (C=N–C) groups is 1. The first-order chi connectivity index (χ1) is 9.02. The van der Waals surface area contributed by atoms with Gasteiger partial charge in [0.05, 0.1) is 6.54 Å². The van der Waals surface area contributed by atoms with E-state index in [0.717, 1.165) is 30.6 Å². The van der Waals surface area contributed by atoms with Crippen LogP contribution in [0.1, 0.15) is 19.7 Å². The summed E-state index contributed by atoms with van der Waals surface area (Å²) in [6.07, 6.45) is 1.57. The molecule has 1 saturated heterocycles. The van der Waals surface area contributed by atoms with Crippen molar-refractivity contribution in [2.75, 3.05) is 25.9 Å². The van der Waals surface area contributed by atoms with Gasteiger partial charge in [-0.25, -0.2) is 4.98 Å². The van der Waals surface area contributed by atoms with Crippen LogP contribution in [0.15, 0.2) is 11.3 Å². The molecule has 6 nitrogen and oxygen atoms in total.